The number of ether oxygens (including phenoxy) is 1. The maximum absolute atomic E-state index is 13.4. The minimum Gasteiger partial charge on any atom is -0.467 e. The van der Waals surface area contributed by atoms with Crippen molar-refractivity contribution in [2.75, 3.05) is 12.4 Å². The molecule has 3 aromatic rings. The van der Waals surface area contributed by atoms with E-state index in [-0.39, 0.29) is 18.7 Å². The Kier molecular flexibility index (Phi) is 9.96. The standard InChI is InChI=1S/C29H31N3O5/c1-3-26(33)30-23-16-14-21(15-17-23)19-25(29(36)37-2)32-28(35)24(18-20-10-6-4-7-11-20)31-27(34)22-12-8-5-9-13-22/h4-17,24-25H,3,18-19H2,1-2H3,(H,30,33)(H,31,34)(H,32,35)/t24-,25-/m0/s1. The van der Waals surface area contributed by atoms with Crippen LogP contribution in [-0.2, 0) is 32.0 Å². The van der Waals surface area contributed by atoms with Gasteiger partial charge >= 0.3 is 5.97 Å². The highest BCUT2D eigenvalue weighted by atomic mass is 16.5. The summed E-state index contributed by atoms with van der Waals surface area (Å²) in [6.45, 7) is 1.76. The van der Waals surface area contributed by atoms with Crippen LogP contribution in [0.3, 0.4) is 0 Å². The van der Waals surface area contributed by atoms with Gasteiger partial charge in [0.2, 0.25) is 11.8 Å². The van der Waals surface area contributed by atoms with Crippen molar-refractivity contribution >= 4 is 29.4 Å². The smallest absolute Gasteiger partial charge is 0.328 e. The summed E-state index contributed by atoms with van der Waals surface area (Å²) in [7, 11) is 1.25. The Morgan fingerprint density at radius 2 is 1.30 bits per heavy atom. The first-order valence-corrected chi connectivity index (χ1v) is 12.1. The Bertz CT molecular complexity index is 1200. The summed E-state index contributed by atoms with van der Waals surface area (Å²) in [4.78, 5) is 50.3. The van der Waals surface area contributed by atoms with Gasteiger partial charge < -0.3 is 20.7 Å². The second kappa shape index (κ2) is 13.6. The van der Waals surface area contributed by atoms with Crippen molar-refractivity contribution in [3.05, 3.63) is 102 Å². The molecule has 0 heterocycles. The lowest BCUT2D eigenvalue weighted by Crippen LogP contribution is -2.53. The molecule has 0 aliphatic heterocycles. The van der Waals surface area contributed by atoms with E-state index in [2.05, 4.69) is 16.0 Å². The number of hydrogen-bond donors (Lipinski definition) is 3. The third-order valence-electron chi connectivity index (χ3n) is 5.74. The maximum atomic E-state index is 13.4. The average molecular weight is 502 g/mol. The van der Waals surface area contributed by atoms with Gasteiger partial charge in [0.05, 0.1) is 7.11 Å². The number of anilines is 1. The monoisotopic (exact) mass is 501 g/mol. The number of carbonyl (C=O) groups is 4. The molecule has 3 rings (SSSR count). The molecule has 0 saturated carbocycles. The van der Waals surface area contributed by atoms with Crippen LogP contribution in [0.15, 0.2) is 84.9 Å². The van der Waals surface area contributed by atoms with E-state index in [1.165, 1.54) is 7.11 Å². The van der Waals surface area contributed by atoms with Crippen molar-refractivity contribution in [1.29, 1.82) is 0 Å². The Labute approximate surface area is 216 Å². The van der Waals surface area contributed by atoms with Gasteiger partial charge in [0.1, 0.15) is 12.1 Å². The van der Waals surface area contributed by atoms with Crippen LogP contribution in [0.25, 0.3) is 0 Å². The second-order valence-electron chi connectivity index (χ2n) is 8.47. The molecule has 0 aliphatic rings. The van der Waals surface area contributed by atoms with Crippen LogP contribution >= 0.6 is 0 Å². The van der Waals surface area contributed by atoms with Gasteiger partial charge in [0.25, 0.3) is 5.91 Å². The molecule has 0 aromatic heterocycles. The molecular formula is C29H31N3O5. The van der Waals surface area contributed by atoms with E-state index in [4.69, 9.17) is 4.74 Å². The lowest BCUT2D eigenvalue weighted by molar-refractivity contribution is -0.145. The van der Waals surface area contributed by atoms with E-state index < -0.39 is 29.9 Å². The largest absolute Gasteiger partial charge is 0.467 e. The molecule has 0 fully saturated rings. The van der Waals surface area contributed by atoms with Gasteiger partial charge in [0, 0.05) is 30.5 Å². The van der Waals surface area contributed by atoms with Crippen molar-refractivity contribution in [2.24, 2.45) is 0 Å². The number of amides is 3. The van der Waals surface area contributed by atoms with E-state index in [0.29, 0.717) is 17.7 Å². The third-order valence-corrected chi connectivity index (χ3v) is 5.74. The van der Waals surface area contributed by atoms with E-state index in [1.807, 2.05) is 30.3 Å². The quantitative estimate of drug-likeness (QED) is 0.349. The van der Waals surface area contributed by atoms with Crippen molar-refractivity contribution in [3.63, 3.8) is 0 Å². The third kappa shape index (κ3) is 8.31. The minimum absolute atomic E-state index is 0.102. The predicted octanol–water partition coefficient (Wildman–Crippen LogP) is 3.28. The summed E-state index contributed by atoms with van der Waals surface area (Å²) < 4.78 is 4.93. The first-order chi connectivity index (χ1) is 17.9. The number of nitrogens with one attached hydrogen (secondary N) is 3. The van der Waals surface area contributed by atoms with E-state index in [1.54, 1.807) is 61.5 Å². The fourth-order valence-corrected chi connectivity index (χ4v) is 3.71. The summed E-state index contributed by atoms with van der Waals surface area (Å²) in [5.74, 6) is -1.61. The molecular weight excluding hydrogens is 470 g/mol. The van der Waals surface area contributed by atoms with Gasteiger partial charge in [-0.2, -0.15) is 0 Å². The highest BCUT2D eigenvalue weighted by Crippen LogP contribution is 2.13. The molecule has 8 nitrogen and oxygen atoms in total. The van der Waals surface area contributed by atoms with Crippen molar-refractivity contribution in [3.8, 4) is 0 Å². The number of methoxy groups -OCH3 is 1. The highest BCUT2D eigenvalue weighted by molar-refractivity contribution is 5.98. The fraction of sp³-hybridized carbons (Fsp3) is 0.241. The van der Waals surface area contributed by atoms with E-state index in [9.17, 15) is 19.2 Å². The zero-order valence-corrected chi connectivity index (χ0v) is 20.9. The molecule has 0 radical (unpaired) electrons. The Morgan fingerprint density at radius 1 is 0.730 bits per heavy atom. The van der Waals surface area contributed by atoms with Crippen LogP contribution in [0.2, 0.25) is 0 Å². The molecule has 2 atom stereocenters. The first-order valence-electron chi connectivity index (χ1n) is 12.1. The van der Waals surface area contributed by atoms with Crippen molar-refractivity contribution in [2.45, 2.75) is 38.3 Å². The van der Waals surface area contributed by atoms with Gasteiger partial charge in [-0.1, -0.05) is 67.6 Å². The summed E-state index contributed by atoms with van der Waals surface area (Å²) in [6.07, 6.45) is 0.777. The van der Waals surface area contributed by atoms with Gasteiger partial charge in [-0.25, -0.2) is 4.79 Å². The number of benzene rings is 3. The lowest BCUT2D eigenvalue weighted by Gasteiger charge is -2.23. The molecule has 0 aliphatic carbocycles. The molecule has 8 heteroatoms. The average Bonchev–Trinajstić information content (AvgIpc) is 2.93. The van der Waals surface area contributed by atoms with Crippen LogP contribution in [-0.4, -0.2) is 42.9 Å². The summed E-state index contributed by atoms with van der Waals surface area (Å²) in [6, 6.07) is 23.0. The first kappa shape index (κ1) is 27.1. The maximum Gasteiger partial charge on any atom is 0.328 e. The molecule has 0 spiro atoms. The van der Waals surface area contributed by atoms with Crippen LogP contribution < -0.4 is 16.0 Å². The number of esters is 1. The summed E-state index contributed by atoms with van der Waals surface area (Å²) in [5.41, 5.74) is 2.68. The summed E-state index contributed by atoms with van der Waals surface area (Å²) >= 11 is 0. The van der Waals surface area contributed by atoms with Gasteiger partial charge in [-0.15, -0.1) is 0 Å². The Hall–Kier alpha value is -4.46. The minimum atomic E-state index is -0.972. The molecule has 0 saturated heterocycles. The highest BCUT2D eigenvalue weighted by Gasteiger charge is 2.28. The predicted molar refractivity (Wildman–Crippen MR) is 141 cm³/mol. The Morgan fingerprint density at radius 3 is 1.89 bits per heavy atom. The normalized spacial score (nSPS) is 12.1. The van der Waals surface area contributed by atoms with Gasteiger partial charge in [-0.05, 0) is 35.4 Å². The number of hydrogen-bond acceptors (Lipinski definition) is 5. The van der Waals surface area contributed by atoms with E-state index >= 15 is 0 Å². The molecule has 37 heavy (non-hydrogen) atoms. The van der Waals surface area contributed by atoms with Crippen LogP contribution in [0.5, 0.6) is 0 Å². The second-order valence-corrected chi connectivity index (χ2v) is 8.47. The number of rotatable bonds is 11. The van der Waals surface area contributed by atoms with Gasteiger partial charge in [0.15, 0.2) is 0 Å². The molecule has 192 valence electrons. The van der Waals surface area contributed by atoms with Crippen LogP contribution in [0, 0.1) is 0 Å². The fourth-order valence-electron chi connectivity index (χ4n) is 3.71. The zero-order chi connectivity index (χ0) is 26.6. The number of carbonyl (C=O) groups excluding carboxylic acids is 4. The molecule has 0 unspecified atom stereocenters. The Balaban J connectivity index is 1.76. The van der Waals surface area contributed by atoms with Crippen LogP contribution in [0.1, 0.15) is 34.8 Å². The summed E-state index contributed by atoms with van der Waals surface area (Å²) in [5, 5.41) is 8.31. The molecule has 3 amide bonds. The molecule has 0 bridgehead atoms. The zero-order valence-electron chi connectivity index (χ0n) is 20.9. The van der Waals surface area contributed by atoms with E-state index in [0.717, 1.165) is 11.1 Å². The van der Waals surface area contributed by atoms with Crippen LogP contribution in [0.4, 0.5) is 5.69 Å². The molecule has 3 aromatic carbocycles. The molecule has 3 N–H and O–H groups in total. The SMILES string of the molecule is CCC(=O)Nc1ccc(C[C@H](NC(=O)[C@H](Cc2ccccc2)NC(=O)c2ccccc2)C(=O)OC)cc1. The topological polar surface area (TPSA) is 114 Å². The van der Waals surface area contributed by atoms with Gasteiger partial charge in [-0.3, -0.25) is 14.4 Å². The van der Waals surface area contributed by atoms with Crippen molar-refractivity contribution in [1.82, 2.24) is 10.6 Å². The lowest BCUT2D eigenvalue weighted by atomic mass is 10.0. The van der Waals surface area contributed by atoms with Crippen molar-refractivity contribution < 1.29 is 23.9 Å².